The third-order valence-electron chi connectivity index (χ3n) is 1.65. The maximum atomic E-state index is 12.2. The first-order valence-corrected chi connectivity index (χ1v) is 8.78. The van der Waals surface area contributed by atoms with Crippen molar-refractivity contribution in [3.63, 3.8) is 0 Å². The minimum absolute atomic E-state index is 0.301. The molecule has 0 aliphatic heterocycles. The van der Waals surface area contributed by atoms with Gasteiger partial charge in [-0.2, -0.15) is 0 Å². The van der Waals surface area contributed by atoms with Crippen LogP contribution in [0.2, 0.25) is 0 Å². The van der Waals surface area contributed by atoms with E-state index in [-0.39, 0.29) is 18.1 Å². The maximum absolute atomic E-state index is 12.2. The van der Waals surface area contributed by atoms with Gasteiger partial charge < -0.3 is 18.1 Å². The van der Waals surface area contributed by atoms with Gasteiger partial charge in [0, 0.05) is 14.2 Å². The van der Waals surface area contributed by atoms with E-state index in [4.69, 9.17) is 18.1 Å². The van der Waals surface area contributed by atoms with Crippen LogP contribution in [0.3, 0.4) is 0 Å². The Morgan fingerprint density at radius 3 is 1.29 bits per heavy atom. The van der Waals surface area contributed by atoms with Gasteiger partial charge in [-0.15, -0.1) is 0 Å². The highest BCUT2D eigenvalue weighted by molar-refractivity contribution is 7.71. The monoisotopic (exact) mass is 288 g/mol. The summed E-state index contributed by atoms with van der Waals surface area (Å²) in [5.74, 6) is -0.386. The third-order valence-corrected chi connectivity index (χ3v) is 7.02. The molecule has 0 amide bonds. The van der Waals surface area contributed by atoms with Crippen LogP contribution < -0.4 is 0 Å². The van der Waals surface area contributed by atoms with E-state index >= 15 is 0 Å². The summed E-state index contributed by atoms with van der Waals surface area (Å²) in [6.07, 6.45) is -0.602. The summed E-state index contributed by atoms with van der Waals surface area (Å²) < 4.78 is 44.3. The first-order chi connectivity index (χ1) is 7.66. The first-order valence-electron chi connectivity index (χ1n) is 5.33. The Kier molecular flexibility index (Phi) is 7.15. The largest absolute Gasteiger partial charge is 0.342 e. The average molecular weight is 288 g/mol. The summed E-state index contributed by atoms with van der Waals surface area (Å²) in [5, 5.41) is 0. The molecule has 0 heterocycles. The van der Waals surface area contributed by atoms with Crippen LogP contribution in [0.1, 0.15) is 27.7 Å². The van der Waals surface area contributed by atoms with Crippen molar-refractivity contribution < 1.29 is 27.2 Å². The second-order valence-electron chi connectivity index (χ2n) is 4.04. The van der Waals surface area contributed by atoms with Gasteiger partial charge in [-0.1, -0.05) is 0 Å². The van der Waals surface area contributed by atoms with E-state index in [1.807, 2.05) is 0 Å². The van der Waals surface area contributed by atoms with Gasteiger partial charge in [-0.3, -0.25) is 9.13 Å². The van der Waals surface area contributed by atoms with Crippen LogP contribution in [0.15, 0.2) is 0 Å². The van der Waals surface area contributed by atoms with Crippen molar-refractivity contribution in [2.45, 2.75) is 39.9 Å². The van der Waals surface area contributed by atoms with Crippen molar-refractivity contribution in [3.8, 4) is 0 Å². The number of rotatable bonds is 8. The van der Waals surface area contributed by atoms with Crippen molar-refractivity contribution in [1.82, 2.24) is 0 Å². The molecule has 6 nitrogen and oxygen atoms in total. The van der Waals surface area contributed by atoms with E-state index in [1.54, 1.807) is 27.7 Å². The van der Waals surface area contributed by atoms with Crippen LogP contribution in [0.5, 0.6) is 0 Å². The second kappa shape index (κ2) is 7.03. The van der Waals surface area contributed by atoms with Gasteiger partial charge in [0.2, 0.25) is 0 Å². The van der Waals surface area contributed by atoms with Gasteiger partial charge in [-0.05, 0) is 27.7 Å². The Morgan fingerprint density at radius 1 is 0.824 bits per heavy atom. The SMILES string of the molecule is COP(=O)(CP(=O)(OC)OC(C)C)OC(C)C. The molecule has 0 fully saturated rings. The molecule has 17 heavy (non-hydrogen) atoms. The Labute approximate surface area is 103 Å². The molecule has 0 rings (SSSR count). The topological polar surface area (TPSA) is 71.1 Å². The molecule has 0 aromatic carbocycles. The van der Waals surface area contributed by atoms with Gasteiger partial charge in [0.25, 0.3) is 0 Å². The molecule has 8 heteroatoms. The van der Waals surface area contributed by atoms with Crippen molar-refractivity contribution in [1.29, 1.82) is 0 Å². The molecule has 0 radical (unpaired) electrons. The molecule has 0 N–H and O–H groups in total. The summed E-state index contributed by atoms with van der Waals surface area (Å²) in [4.78, 5) is 0. The lowest BCUT2D eigenvalue weighted by Gasteiger charge is -2.24. The molecule has 2 atom stereocenters. The molecule has 0 saturated carbocycles. The van der Waals surface area contributed by atoms with E-state index in [0.29, 0.717) is 0 Å². The van der Waals surface area contributed by atoms with Crippen molar-refractivity contribution in [2.75, 3.05) is 20.1 Å². The van der Waals surface area contributed by atoms with E-state index in [2.05, 4.69) is 0 Å². The Balaban J connectivity index is 4.84. The predicted molar refractivity (Wildman–Crippen MR) is 66.5 cm³/mol. The normalized spacial score (nSPS) is 19.3. The molecule has 0 spiro atoms. The number of hydrogen-bond acceptors (Lipinski definition) is 6. The summed E-state index contributed by atoms with van der Waals surface area (Å²) in [7, 11) is -4.43. The second-order valence-corrected chi connectivity index (χ2v) is 8.76. The lowest BCUT2D eigenvalue weighted by atomic mass is 10.5. The Bertz CT molecular complexity index is 285. The van der Waals surface area contributed by atoms with Crippen LogP contribution in [-0.4, -0.2) is 32.3 Å². The lowest BCUT2D eigenvalue weighted by Crippen LogP contribution is -2.09. The van der Waals surface area contributed by atoms with Crippen LogP contribution >= 0.6 is 15.2 Å². The van der Waals surface area contributed by atoms with Gasteiger partial charge in [0.1, 0.15) is 0 Å². The smallest absolute Gasteiger partial charge is 0.311 e. The van der Waals surface area contributed by atoms with E-state index in [0.717, 1.165) is 0 Å². The Hall–Kier alpha value is 0.300. The summed E-state index contributed by atoms with van der Waals surface area (Å²) in [6, 6.07) is 0. The molecule has 0 saturated heterocycles. The zero-order valence-corrected chi connectivity index (χ0v) is 13.0. The van der Waals surface area contributed by atoms with Crippen LogP contribution in [-0.2, 0) is 27.2 Å². The highest BCUT2D eigenvalue weighted by atomic mass is 31.2. The van der Waals surface area contributed by atoms with Crippen LogP contribution in [0.4, 0.5) is 0 Å². The van der Waals surface area contributed by atoms with Crippen molar-refractivity contribution >= 4 is 15.2 Å². The van der Waals surface area contributed by atoms with Crippen molar-refractivity contribution in [2.24, 2.45) is 0 Å². The summed E-state index contributed by atoms with van der Waals surface area (Å²) in [5.41, 5.74) is 0. The minimum Gasteiger partial charge on any atom is -0.311 e. The molecule has 2 unspecified atom stereocenters. The quantitative estimate of drug-likeness (QED) is 0.637. The number of hydrogen-bond donors (Lipinski definition) is 0. The fraction of sp³-hybridized carbons (Fsp3) is 1.00. The van der Waals surface area contributed by atoms with Crippen LogP contribution in [0, 0.1) is 0 Å². The predicted octanol–water partition coefficient (Wildman–Crippen LogP) is 3.47. The molecule has 0 aliphatic rings. The molecular weight excluding hydrogens is 266 g/mol. The zero-order valence-electron chi connectivity index (χ0n) is 11.2. The molecule has 0 aromatic heterocycles. The highest BCUT2D eigenvalue weighted by Crippen LogP contribution is 2.64. The Morgan fingerprint density at radius 2 is 1.12 bits per heavy atom. The van der Waals surface area contributed by atoms with Gasteiger partial charge in [0.15, 0.2) is 5.90 Å². The minimum atomic E-state index is -3.46. The van der Waals surface area contributed by atoms with E-state index in [9.17, 15) is 9.13 Å². The first kappa shape index (κ1) is 17.3. The van der Waals surface area contributed by atoms with Gasteiger partial charge in [0.05, 0.1) is 12.2 Å². The standard InChI is InChI=1S/C9H22O6P2/c1-8(2)14-16(10,12-5)7-17(11,13-6)15-9(3)4/h8-9H,7H2,1-6H3. The molecule has 104 valence electrons. The highest BCUT2D eigenvalue weighted by Gasteiger charge is 2.38. The maximum Gasteiger partial charge on any atom is 0.342 e. The summed E-state index contributed by atoms with van der Waals surface area (Å²) in [6.45, 7) is 6.86. The van der Waals surface area contributed by atoms with Crippen LogP contribution in [0.25, 0.3) is 0 Å². The van der Waals surface area contributed by atoms with Crippen molar-refractivity contribution in [3.05, 3.63) is 0 Å². The van der Waals surface area contributed by atoms with Gasteiger partial charge >= 0.3 is 15.2 Å². The molecular formula is C9H22O6P2. The summed E-state index contributed by atoms with van der Waals surface area (Å²) >= 11 is 0. The molecule has 0 aliphatic carbocycles. The molecule has 0 bridgehead atoms. The average Bonchev–Trinajstić information content (AvgIpc) is 2.15. The van der Waals surface area contributed by atoms with E-state index < -0.39 is 15.2 Å². The van der Waals surface area contributed by atoms with E-state index in [1.165, 1.54) is 14.2 Å². The van der Waals surface area contributed by atoms with Gasteiger partial charge in [-0.25, -0.2) is 0 Å². The lowest BCUT2D eigenvalue weighted by molar-refractivity contribution is 0.176. The fourth-order valence-corrected chi connectivity index (χ4v) is 5.73. The fourth-order valence-electron chi connectivity index (χ4n) is 1.12. The zero-order chi connectivity index (χ0) is 13.7. The molecule has 0 aromatic rings. The third kappa shape index (κ3) is 6.70.